The molecule has 3 aromatic rings. The highest BCUT2D eigenvalue weighted by atomic mass is 35.5. The lowest BCUT2D eigenvalue weighted by atomic mass is 9.95. The molecule has 1 unspecified atom stereocenters. The third-order valence-corrected chi connectivity index (χ3v) is 13.3. The Morgan fingerprint density at radius 1 is 0.877 bits per heavy atom. The minimum absolute atomic E-state index is 0.107. The van der Waals surface area contributed by atoms with E-state index in [1.807, 2.05) is 47.4 Å². The lowest BCUT2D eigenvalue weighted by molar-refractivity contribution is -0.137. The number of benzene rings is 2. The number of imide groups is 1. The van der Waals surface area contributed by atoms with Crippen LogP contribution in [0.25, 0.3) is 16.8 Å². The zero-order valence-electron chi connectivity index (χ0n) is 37.3. The Morgan fingerprint density at radius 2 is 1.62 bits per heavy atom. The summed E-state index contributed by atoms with van der Waals surface area (Å²) in [6.45, 7) is 21.6. The van der Waals surface area contributed by atoms with Crippen LogP contribution in [0.2, 0.25) is 5.02 Å². The summed E-state index contributed by atoms with van der Waals surface area (Å²) < 4.78 is 6.40. The monoisotopic (exact) mass is 900 g/mol. The number of hydrogen-bond donors (Lipinski definition) is 2. The second kappa shape index (κ2) is 22.3. The maximum absolute atomic E-state index is 13.4. The van der Waals surface area contributed by atoms with E-state index in [-0.39, 0.29) is 36.3 Å². The predicted molar refractivity (Wildman–Crippen MR) is 256 cm³/mol. The van der Waals surface area contributed by atoms with Gasteiger partial charge < -0.3 is 24.8 Å². The summed E-state index contributed by atoms with van der Waals surface area (Å²) in [7, 11) is 0. The number of anilines is 1. The van der Waals surface area contributed by atoms with Crippen molar-refractivity contribution in [1.82, 2.24) is 34.9 Å². The third kappa shape index (κ3) is 12.1. The Bertz CT molecular complexity index is 2280. The van der Waals surface area contributed by atoms with E-state index in [0.29, 0.717) is 60.7 Å². The number of carbonyl (C=O) groups is 4. The van der Waals surface area contributed by atoms with Gasteiger partial charge >= 0.3 is 0 Å². The summed E-state index contributed by atoms with van der Waals surface area (Å²) >= 11 is 6.57. The summed E-state index contributed by atoms with van der Waals surface area (Å²) in [5.74, 6) is 1.23. The minimum Gasteiger partial charge on any atom is -0.490 e. The van der Waals surface area contributed by atoms with Crippen molar-refractivity contribution in [1.29, 1.82) is 0 Å². The van der Waals surface area contributed by atoms with Crippen molar-refractivity contribution in [3.8, 4) is 17.0 Å². The van der Waals surface area contributed by atoms with Crippen molar-refractivity contribution < 1.29 is 23.9 Å². The molecule has 5 aliphatic heterocycles. The number of likely N-dealkylation sites (tertiary alicyclic amines) is 3. The quantitative estimate of drug-likeness (QED) is 0.125. The summed E-state index contributed by atoms with van der Waals surface area (Å²) in [6, 6.07) is 13.1. The van der Waals surface area contributed by atoms with Gasteiger partial charge in [-0.2, -0.15) is 0 Å². The zero-order chi connectivity index (χ0) is 45.9. The molecule has 4 amide bonds. The first kappa shape index (κ1) is 47.1. The SMILES string of the molecule is C=C/C=C(\C=C)c1cccc(-c2nc(NC3CCN(C(=O)CN4CCC(CN5CCC(Oc6ccc7c(c6)CN(C6CCC(=O)NC6=O)C7=O)CC5)CC4)CC3)ncc2Cl)c1.C=CC=C. The Kier molecular flexibility index (Phi) is 16.2. The third-order valence-electron chi connectivity index (χ3n) is 13.0. The van der Waals surface area contributed by atoms with Crippen LogP contribution < -0.4 is 15.4 Å². The van der Waals surface area contributed by atoms with Gasteiger partial charge in [0.25, 0.3) is 5.91 Å². The van der Waals surface area contributed by atoms with Crippen LogP contribution in [0, 0.1) is 5.92 Å². The normalized spacial score (nSPS) is 20.3. The van der Waals surface area contributed by atoms with E-state index in [9.17, 15) is 19.2 Å². The Labute approximate surface area is 387 Å². The van der Waals surface area contributed by atoms with Crippen LogP contribution in [-0.2, 0) is 20.9 Å². The molecule has 4 fully saturated rings. The van der Waals surface area contributed by atoms with E-state index in [0.717, 1.165) is 99.3 Å². The van der Waals surface area contributed by atoms with Gasteiger partial charge in [0.2, 0.25) is 23.7 Å². The van der Waals surface area contributed by atoms with Crippen LogP contribution in [0.5, 0.6) is 5.75 Å². The fourth-order valence-electron chi connectivity index (χ4n) is 9.36. The number of aromatic nitrogens is 2. The van der Waals surface area contributed by atoms with Gasteiger partial charge in [-0.15, -0.1) is 0 Å². The molecule has 342 valence electrons. The topological polar surface area (TPSA) is 140 Å². The van der Waals surface area contributed by atoms with Crippen LogP contribution in [0.1, 0.15) is 72.9 Å². The lowest BCUT2D eigenvalue weighted by Crippen LogP contribution is -2.52. The maximum atomic E-state index is 13.4. The molecule has 0 saturated carbocycles. The number of piperidine rings is 4. The molecule has 6 heterocycles. The van der Waals surface area contributed by atoms with Crippen LogP contribution in [0.4, 0.5) is 5.95 Å². The molecule has 0 aliphatic carbocycles. The number of ether oxygens (including phenoxy) is 1. The van der Waals surface area contributed by atoms with Gasteiger partial charge in [-0.25, -0.2) is 9.97 Å². The number of halogens is 1. The smallest absolute Gasteiger partial charge is 0.255 e. The van der Waals surface area contributed by atoms with Crippen molar-refractivity contribution in [3.63, 3.8) is 0 Å². The second-order valence-electron chi connectivity index (χ2n) is 17.4. The van der Waals surface area contributed by atoms with Gasteiger partial charge in [-0.3, -0.25) is 29.4 Å². The molecule has 5 aliphatic rings. The first-order valence-electron chi connectivity index (χ1n) is 22.8. The van der Waals surface area contributed by atoms with E-state index in [2.05, 4.69) is 51.7 Å². The molecule has 1 atom stereocenters. The van der Waals surface area contributed by atoms with Crippen LogP contribution in [-0.4, -0.2) is 124 Å². The summed E-state index contributed by atoms with van der Waals surface area (Å²) in [5, 5.41) is 6.33. The molecule has 0 spiro atoms. The lowest BCUT2D eigenvalue weighted by Gasteiger charge is -2.38. The molecule has 65 heavy (non-hydrogen) atoms. The molecule has 0 radical (unpaired) electrons. The Hall–Kier alpha value is -5.89. The van der Waals surface area contributed by atoms with E-state index in [1.165, 1.54) is 0 Å². The first-order chi connectivity index (χ1) is 31.5. The average molecular weight is 902 g/mol. The van der Waals surface area contributed by atoms with Crippen molar-refractivity contribution in [2.45, 2.75) is 76.1 Å². The summed E-state index contributed by atoms with van der Waals surface area (Å²) in [5.41, 5.74) is 4.95. The second-order valence-corrected chi connectivity index (χ2v) is 17.8. The number of amides is 4. The molecular weight excluding hydrogens is 840 g/mol. The number of carbonyl (C=O) groups excluding carboxylic acids is 4. The highest BCUT2D eigenvalue weighted by Gasteiger charge is 2.39. The molecule has 8 rings (SSSR count). The van der Waals surface area contributed by atoms with E-state index >= 15 is 0 Å². The average Bonchev–Trinajstić information content (AvgIpc) is 3.64. The van der Waals surface area contributed by atoms with Crippen molar-refractivity contribution in [2.75, 3.05) is 57.7 Å². The van der Waals surface area contributed by atoms with E-state index in [4.69, 9.17) is 21.3 Å². The number of fused-ring (bicyclic) bond motifs is 1. The number of allylic oxidation sites excluding steroid dienone is 6. The first-order valence-corrected chi connectivity index (χ1v) is 23.2. The molecule has 13 nitrogen and oxygen atoms in total. The summed E-state index contributed by atoms with van der Waals surface area (Å²) in [6.07, 6.45) is 16.8. The van der Waals surface area contributed by atoms with Gasteiger partial charge in [-0.1, -0.05) is 86.5 Å². The number of nitrogens with one attached hydrogen (secondary N) is 2. The van der Waals surface area contributed by atoms with Gasteiger partial charge in [0.1, 0.15) is 17.9 Å². The fraction of sp³-hybridized carbons (Fsp3) is 0.412. The van der Waals surface area contributed by atoms with Crippen molar-refractivity contribution in [2.24, 2.45) is 5.92 Å². The Morgan fingerprint density at radius 3 is 2.31 bits per heavy atom. The molecule has 2 N–H and O–H groups in total. The highest BCUT2D eigenvalue weighted by Crippen LogP contribution is 2.33. The number of hydrogen-bond acceptors (Lipinski definition) is 10. The number of nitrogens with zero attached hydrogens (tertiary/aromatic N) is 6. The van der Waals surface area contributed by atoms with Crippen molar-refractivity contribution in [3.05, 3.63) is 127 Å². The predicted octanol–water partition coefficient (Wildman–Crippen LogP) is 7.33. The standard InChI is InChI=1S/C47H55ClN8O5.C4H6/c1-3-6-32(4-2)33-7-5-8-34(25-33)44-40(48)27-49-47(52-44)50-36-15-23-55(24-16-36)43(58)30-54-19-13-31(14-20-54)28-53-21-17-37(18-22-53)61-38-9-10-39-35(26-38)29-56(46(39)60)41-11-12-42(57)51-45(41)59;1-3-4-2/h3-10,25-27,31,36-37,41H,1-2,11-24,28-30H2,(H,49,50,52)(H,51,57,59);3-4H,1-2H2/b32-6+;. The van der Waals surface area contributed by atoms with Gasteiger partial charge in [-0.05, 0) is 105 Å². The van der Waals surface area contributed by atoms with Crippen molar-refractivity contribution >= 4 is 46.8 Å². The number of rotatable bonds is 14. The molecule has 4 saturated heterocycles. The van der Waals surface area contributed by atoms with Crippen LogP contribution >= 0.6 is 11.6 Å². The molecular formula is C51H61ClN8O5. The van der Waals surface area contributed by atoms with Crippen LogP contribution in [0.15, 0.2) is 105 Å². The highest BCUT2D eigenvalue weighted by molar-refractivity contribution is 6.33. The van der Waals surface area contributed by atoms with Gasteiger partial charge in [0.05, 0.1) is 23.5 Å². The molecule has 14 heteroatoms. The van der Waals surface area contributed by atoms with E-state index in [1.54, 1.807) is 41.5 Å². The van der Waals surface area contributed by atoms with Gasteiger partial charge in [0.15, 0.2) is 0 Å². The summed E-state index contributed by atoms with van der Waals surface area (Å²) in [4.78, 5) is 68.2. The van der Waals surface area contributed by atoms with Gasteiger partial charge in [0, 0.05) is 62.9 Å². The fourth-order valence-corrected chi connectivity index (χ4v) is 9.56. The largest absolute Gasteiger partial charge is 0.490 e. The zero-order valence-corrected chi connectivity index (χ0v) is 38.0. The maximum Gasteiger partial charge on any atom is 0.255 e. The molecule has 0 bridgehead atoms. The minimum atomic E-state index is -0.624. The van der Waals surface area contributed by atoms with E-state index < -0.39 is 11.9 Å². The Balaban J connectivity index is 0.00000151. The molecule has 1 aromatic heterocycles. The van der Waals surface area contributed by atoms with Crippen LogP contribution in [0.3, 0.4) is 0 Å². The molecule has 2 aromatic carbocycles.